The molecule has 2 aliphatic heterocycles. The van der Waals surface area contributed by atoms with Gasteiger partial charge in [-0.25, -0.2) is 13.4 Å². The van der Waals surface area contributed by atoms with E-state index in [2.05, 4.69) is 45.9 Å². The molecule has 1 aromatic heterocycles. The highest BCUT2D eigenvalue weighted by atomic mass is 32.2. The third kappa shape index (κ3) is 4.48. The van der Waals surface area contributed by atoms with Crippen molar-refractivity contribution in [1.29, 1.82) is 0 Å². The summed E-state index contributed by atoms with van der Waals surface area (Å²) in [5.74, 6) is 1.73. The quantitative estimate of drug-likeness (QED) is 0.674. The number of hydrogen-bond acceptors (Lipinski definition) is 7. The van der Waals surface area contributed by atoms with Crippen LogP contribution in [0, 0.1) is 0 Å². The minimum Gasteiger partial charge on any atom is -0.368 e. The monoisotopic (exact) mass is 444 g/mol. The molecule has 0 spiro atoms. The molecule has 2 aliphatic rings. The van der Waals surface area contributed by atoms with Gasteiger partial charge in [0.2, 0.25) is 16.0 Å². The highest BCUT2D eigenvalue weighted by Crippen LogP contribution is 2.30. The second-order valence-electron chi connectivity index (χ2n) is 8.08. The molecule has 0 N–H and O–H groups in total. The first-order valence-corrected chi connectivity index (χ1v) is 12.7. The summed E-state index contributed by atoms with van der Waals surface area (Å²) in [5, 5.41) is 0. The molecule has 2 aromatic rings. The van der Waals surface area contributed by atoms with Crippen LogP contribution < -0.4 is 14.7 Å². The zero-order valence-corrected chi connectivity index (χ0v) is 19.5. The fourth-order valence-electron chi connectivity index (χ4n) is 4.19. The van der Waals surface area contributed by atoms with Crippen LogP contribution in [0.5, 0.6) is 0 Å². The van der Waals surface area contributed by atoms with Crippen molar-refractivity contribution in [2.24, 2.45) is 0 Å². The van der Waals surface area contributed by atoms with Crippen LogP contribution in [0.2, 0.25) is 0 Å². The van der Waals surface area contributed by atoms with Crippen LogP contribution in [-0.4, -0.2) is 74.8 Å². The van der Waals surface area contributed by atoms with E-state index in [1.54, 1.807) is 11.2 Å². The lowest BCUT2D eigenvalue weighted by Crippen LogP contribution is -2.47. The lowest BCUT2D eigenvalue weighted by molar-refractivity contribution is 0.387. The van der Waals surface area contributed by atoms with E-state index in [4.69, 9.17) is 9.97 Å². The number of anilines is 3. The Labute approximate surface area is 185 Å². The van der Waals surface area contributed by atoms with Crippen molar-refractivity contribution in [3.63, 3.8) is 0 Å². The molecule has 1 fully saturated rings. The summed E-state index contributed by atoms with van der Waals surface area (Å²) < 4.78 is 26.4. The lowest BCUT2D eigenvalue weighted by Gasteiger charge is -2.37. The number of fused-ring (bicyclic) bond motifs is 1. The predicted molar refractivity (Wildman–Crippen MR) is 125 cm³/mol. The standard InChI is InChI=1S/C22H32N6O2S/c1-4-25(3)21-19-17-28(31(29,30)5-2)12-11-20(19)23-22(24-21)27-15-13-26(14-16-27)18-9-7-6-8-10-18/h6-10H,4-5,11-17H2,1-3H3. The Bertz CT molecular complexity index is 1010. The largest absolute Gasteiger partial charge is 0.368 e. The van der Waals surface area contributed by atoms with Gasteiger partial charge in [0.25, 0.3) is 0 Å². The van der Waals surface area contributed by atoms with Crippen LogP contribution >= 0.6 is 0 Å². The first-order valence-electron chi connectivity index (χ1n) is 11.1. The van der Waals surface area contributed by atoms with Crippen LogP contribution in [0.15, 0.2) is 30.3 Å². The topological polar surface area (TPSA) is 72.9 Å². The first-order chi connectivity index (χ1) is 14.9. The molecule has 9 heteroatoms. The van der Waals surface area contributed by atoms with E-state index >= 15 is 0 Å². The Morgan fingerprint density at radius 2 is 1.65 bits per heavy atom. The van der Waals surface area contributed by atoms with Gasteiger partial charge in [0.1, 0.15) is 5.82 Å². The van der Waals surface area contributed by atoms with E-state index in [0.717, 1.165) is 55.7 Å². The van der Waals surface area contributed by atoms with Crippen LogP contribution in [0.4, 0.5) is 17.5 Å². The van der Waals surface area contributed by atoms with E-state index in [9.17, 15) is 8.42 Å². The van der Waals surface area contributed by atoms with Crippen molar-refractivity contribution in [3.05, 3.63) is 41.6 Å². The minimum absolute atomic E-state index is 0.117. The molecule has 0 amide bonds. The molecule has 3 heterocycles. The van der Waals surface area contributed by atoms with Crippen LogP contribution in [0.1, 0.15) is 25.1 Å². The SMILES string of the molecule is CCN(C)c1nc(N2CCN(c3ccccc3)CC2)nc2c1CN(S(=O)(=O)CC)CC2. The Hall–Kier alpha value is -2.39. The van der Waals surface area contributed by atoms with Gasteiger partial charge in [-0.3, -0.25) is 0 Å². The van der Waals surface area contributed by atoms with Gasteiger partial charge in [-0.05, 0) is 26.0 Å². The number of sulfonamides is 1. The van der Waals surface area contributed by atoms with E-state index in [0.29, 0.717) is 19.5 Å². The number of hydrogen-bond donors (Lipinski definition) is 0. The van der Waals surface area contributed by atoms with E-state index in [1.165, 1.54) is 5.69 Å². The molecule has 31 heavy (non-hydrogen) atoms. The summed E-state index contributed by atoms with van der Waals surface area (Å²) in [4.78, 5) is 16.6. The Morgan fingerprint density at radius 1 is 0.968 bits per heavy atom. The average molecular weight is 445 g/mol. The maximum Gasteiger partial charge on any atom is 0.227 e. The molecule has 4 rings (SSSR count). The van der Waals surface area contributed by atoms with Crippen molar-refractivity contribution in [3.8, 4) is 0 Å². The first kappa shape index (κ1) is 21.8. The molecule has 0 bridgehead atoms. The van der Waals surface area contributed by atoms with Crippen molar-refractivity contribution in [2.75, 3.05) is 66.8 Å². The van der Waals surface area contributed by atoms with Gasteiger partial charge in [0.15, 0.2) is 0 Å². The smallest absolute Gasteiger partial charge is 0.227 e. The Balaban J connectivity index is 1.58. The van der Waals surface area contributed by atoms with Gasteiger partial charge in [-0.2, -0.15) is 9.29 Å². The fraction of sp³-hybridized carbons (Fsp3) is 0.545. The second kappa shape index (κ2) is 9.00. The number of para-hydroxylation sites is 1. The molecule has 168 valence electrons. The number of benzene rings is 1. The van der Waals surface area contributed by atoms with Crippen LogP contribution in [0.25, 0.3) is 0 Å². The van der Waals surface area contributed by atoms with Gasteiger partial charge in [-0.1, -0.05) is 18.2 Å². The van der Waals surface area contributed by atoms with Crippen molar-refractivity contribution in [1.82, 2.24) is 14.3 Å². The summed E-state index contributed by atoms with van der Waals surface area (Å²) in [6.07, 6.45) is 0.624. The van der Waals surface area contributed by atoms with Crippen molar-refractivity contribution in [2.45, 2.75) is 26.8 Å². The summed E-state index contributed by atoms with van der Waals surface area (Å²) in [6.45, 7) is 8.97. The molecule has 0 radical (unpaired) electrons. The molecule has 1 aromatic carbocycles. The molecule has 0 saturated carbocycles. The Morgan fingerprint density at radius 3 is 2.29 bits per heavy atom. The number of nitrogens with zero attached hydrogens (tertiary/aromatic N) is 6. The van der Waals surface area contributed by atoms with E-state index < -0.39 is 10.0 Å². The number of aromatic nitrogens is 2. The summed E-state index contributed by atoms with van der Waals surface area (Å²) >= 11 is 0. The van der Waals surface area contributed by atoms with Gasteiger partial charge >= 0.3 is 0 Å². The molecular formula is C22H32N6O2S. The summed E-state index contributed by atoms with van der Waals surface area (Å²) in [7, 11) is -1.23. The normalized spacial score (nSPS) is 17.5. The molecule has 0 aliphatic carbocycles. The third-order valence-electron chi connectivity index (χ3n) is 6.27. The maximum atomic E-state index is 12.4. The molecule has 8 nitrogen and oxygen atoms in total. The van der Waals surface area contributed by atoms with Gasteiger partial charge in [0.05, 0.1) is 11.4 Å². The highest BCUT2D eigenvalue weighted by molar-refractivity contribution is 7.89. The van der Waals surface area contributed by atoms with Crippen molar-refractivity contribution >= 4 is 27.5 Å². The van der Waals surface area contributed by atoms with Crippen LogP contribution in [-0.2, 0) is 23.0 Å². The zero-order chi connectivity index (χ0) is 22.0. The fourth-order valence-corrected chi connectivity index (χ4v) is 5.25. The van der Waals surface area contributed by atoms with Crippen LogP contribution in [0.3, 0.4) is 0 Å². The molecular weight excluding hydrogens is 412 g/mol. The summed E-state index contributed by atoms with van der Waals surface area (Å²) in [6, 6.07) is 10.5. The molecule has 1 saturated heterocycles. The highest BCUT2D eigenvalue weighted by Gasteiger charge is 2.31. The Kier molecular flexibility index (Phi) is 6.34. The molecule has 0 unspecified atom stereocenters. The van der Waals surface area contributed by atoms with Gasteiger partial charge in [0, 0.05) is 70.5 Å². The number of rotatable bonds is 6. The lowest BCUT2D eigenvalue weighted by atomic mass is 10.1. The van der Waals surface area contributed by atoms with Gasteiger partial charge in [-0.15, -0.1) is 0 Å². The minimum atomic E-state index is -3.23. The maximum absolute atomic E-state index is 12.4. The zero-order valence-electron chi connectivity index (χ0n) is 18.7. The summed E-state index contributed by atoms with van der Waals surface area (Å²) in [5.41, 5.74) is 3.17. The van der Waals surface area contributed by atoms with Gasteiger partial charge < -0.3 is 14.7 Å². The van der Waals surface area contributed by atoms with Crippen molar-refractivity contribution < 1.29 is 8.42 Å². The predicted octanol–water partition coefficient (Wildman–Crippen LogP) is 1.97. The molecule has 0 atom stereocenters. The third-order valence-corrected chi connectivity index (χ3v) is 8.10. The number of piperazine rings is 1. The second-order valence-corrected chi connectivity index (χ2v) is 10.3. The van der Waals surface area contributed by atoms with E-state index in [-0.39, 0.29) is 5.75 Å². The van der Waals surface area contributed by atoms with E-state index in [1.807, 2.05) is 13.1 Å². The average Bonchev–Trinajstić information content (AvgIpc) is 2.83.